The van der Waals surface area contributed by atoms with Crippen LogP contribution >= 0.6 is 11.8 Å². The molecule has 1 aliphatic heterocycles. The number of sulfonamides is 1. The Bertz CT molecular complexity index is 2230. The number of carbonyl (C=O) groups is 1. The van der Waals surface area contributed by atoms with E-state index in [-0.39, 0.29) is 38.7 Å². The van der Waals surface area contributed by atoms with E-state index in [9.17, 15) is 23.3 Å². The number of anilines is 2. The first-order valence-corrected chi connectivity index (χ1v) is 20.9. The molecule has 1 saturated heterocycles. The molecule has 2 aliphatic rings. The minimum absolute atomic E-state index is 0.0241. The van der Waals surface area contributed by atoms with Gasteiger partial charge in [0.15, 0.2) is 0 Å². The van der Waals surface area contributed by atoms with E-state index in [1.807, 2.05) is 60.7 Å². The second-order valence-electron chi connectivity index (χ2n) is 14.1. The molecule has 2 N–H and O–H groups in total. The molecule has 284 valence electrons. The molecule has 2 fully saturated rings. The molecule has 1 amide bonds. The van der Waals surface area contributed by atoms with Gasteiger partial charge in [0.05, 0.1) is 15.4 Å². The summed E-state index contributed by atoms with van der Waals surface area (Å²) in [5, 5.41) is 15.6. The van der Waals surface area contributed by atoms with Crippen molar-refractivity contribution in [3.63, 3.8) is 0 Å². The van der Waals surface area contributed by atoms with Gasteiger partial charge in [0.1, 0.15) is 5.69 Å². The molecule has 12 heteroatoms. The molecule has 10 nitrogen and oxygen atoms in total. The lowest BCUT2D eigenvalue weighted by Gasteiger charge is -2.42. The van der Waals surface area contributed by atoms with Crippen molar-refractivity contribution in [3.05, 3.63) is 149 Å². The van der Waals surface area contributed by atoms with Crippen molar-refractivity contribution in [2.75, 3.05) is 30.4 Å². The molecule has 0 aromatic heterocycles. The molecule has 55 heavy (non-hydrogen) atoms. The zero-order valence-corrected chi connectivity index (χ0v) is 32.2. The number of methoxy groups -OCH3 is 1. The van der Waals surface area contributed by atoms with Gasteiger partial charge >= 0.3 is 0 Å². The highest BCUT2D eigenvalue weighted by Gasteiger charge is 2.36. The molecule has 0 radical (unpaired) electrons. The highest BCUT2D eigenvalue weighted by molar-refractivity contribution is 8.00. The highest BCUT2D eigenvalue weighted by Crippen LogP contribution is 2.39. The second-order valence-corrected chi connectivity index (χ2v) is 17.1. The molecular formula is C43H44N4O6S2. The fourth-order valence-corrected chi connectivity index (χ4v) is 9.98. The van der Waals surface area contributed by atoms with Gasteiger partial charge < -0.3 is 15.0 Å². The van der Waals surface area contributed by atoms with E-state index in [2.05, 4.69) is 51.3 Å². The van der Waals surface area contributed by atoms with Crippen LogP contribution in [-0.4, -0.2) is 56.3 Å². The average molecular weight is 777 g/mol. The van der Waals surface area contributed by atoms with Crippen LogP contribution < -0.4 is 14.9 Å². The van der Waals surface area contributed by atoms with Gasteiger partial charge in [-0.3, -0.25) is 14.9 Å². The molecule has 0 bridgehead atoms. The first-order chi connectivity index (χ1) is 26.6. The second kappa shape index (κ2) is 16.7. The van der Waals surface area contributed by atoms with Crippen LogP contribution in [0.2, 0.25) is 0 Å². The smallest absolute Gasteiger partial charge is 0.293 e. The summed E-state index contributed by atoms with van der Waals surface area (Å²) in [5.41, 5.74) is 4.26. The van der Waals surface area contributed by atoms with Gasteiger partial charge in [0.25, 0.3) is 21.6 Å². The number of hydrogen-bond donors (Lipinski definition) is 2. The predicted molar refractivity (Wildman–Crippen MR) is 218 cm³/mol. The van der Waals surface area contributed by atoms with Crippen molar-refractivity contribution < 1.29 is 22.9 Å². The van der Waals surface area contributed by atoms with Crippen molar-refractivity contribution in [2.45, 2.75) is 65.2 Å². The fourth-order valence-electron chi connectivity index (χ4n) is 7.67. The zero-order valence-electron chi connectivity index (χ0n) is 30.6. The van der Waals surface area contributed by atoms with E-state index in [1.54, 1.807) is 31.0 Å². The van der Waals surface area contributed by atoms with Gasteiger partial charge in [0.2, 0.25) is 0 Å². The minimum Gasteiger partial charge on any atom is -0.378 e. The number of benzene rings is 5. The van der Waals surface area contributed by atoms with Crippen LogP contribution in [-0.2, 0) is 21.2 Å². The number of amides is 1. The van der Waals surface area contributed by atoms with Crippen LogP contribution in [0, 0.1) is 10.1 Å². The van der Waals surface area contributed by atoms with Gasteiger partial charge in [0, 0.05) is 60.1 Å². The van der Waals surface area contributed by atoms with Crippen molar-refractivity contribution in [1.29, 1.82) is 0 Å². The number of nitro benzene ring substituents is 1. The Balaban J connectivity index is 0.976. The zero-order chi connectivity index (χ0) is 38.4. The molecule has 5 aromatic carbocycles. The normalized spacial score (nSPS) is 18.1. The van der Waals surface area contributed by atoms with E-state index >= 15 is 0 Å². The average Bonchev–Trinajstić information content (AvgIpc) is 3.64. The molecule has 7 rings (SSSR count). The van der Waals surface area contributed by atoms with E-state index < -0.39 is 20.9 Å². The van der Waals surface area contributed by atoms with Gasteiger partial charge in [-0.15, -0.1) is 11.8 Å². The predicted octanol–water partition coefficient (Wildman–Crippen LogP) is 8.73. The SMILES string of the molecule is COC1(Cc2ccccc2-c2ccccc2)CCN(c2ccc(C(=O)NS(=O)(=O)c3ccc(NC4CCCC4Sc4ccccc4)c([N+](=O)[O-])c3)cc2)CC1. The van der Waals surface area contributed by atoms with Crippen LogP contribution in [0.5, 0.6) is 0 Å². The molecule has 0 spiro atoms. The van der Waals surface area contributed by atoms with Crippen LogP contribution in [0.3, 0.4) is 0 Å². The summed E-state index contributed by atoms with van der Waals surface area (Å²) in [6, 6.07) is 39.3. The van der Waals surface area contributed by atoms with Crippen molar-refractivity contribution in [2.24, 2.45) is 0 Å². The quantitative estimate of drug-likeness (QED) is 0.0891. The summed E-state index contributed by atoms with van der Waals surface area (Å²) in [4.78, 5) is 27.7. The Morgan fingerprint density at radius 3 is 2.25 bits per heavy atom. The molecule has 1 saturated carbocycles. The number of nitrogens with zero attached hydrogens (tertiary/aromatic N) is 2. The van der Waals surface area contributed by atoms with Gasteiger partial charge in [-0.25, -0.2) is 13.1 Å². The monoisotopic (exact) mass is 776 g/mol. The highest BCUT2D eigenvalue weighted by atomic mass is 32.2. The van der Waals surface area contributed by atoms with E-state index in [1.165, 1.54) is 28.8 Å². The number of ether oxygens (including phenoxy) is 1. The first-order valence-electron chi connectivity index (χ1n) is 18.5. The Kier molecular flexibility index (Phi) is 11.6. The number of rotatable bonds is 13. The number of thioether (sulfide) groups is 1. The van der Waals surface area contributed by atoms with E-state index in [4.69, 9.17) is 4.74 Å². The third kappa shape index (κ3) is 8.88. The standard InChI is InChI=1S/C43H44N4O6S2/c1-53-43(30-33-13-8-9-16-37(33)31-11-4-2-5-12-31)25-27-46(28-26-43)34-21-19-32(20-22-34)42(48)45-55(51,52)36-23-24-38(40(29-36)47(49)50)44-39-17-10-18-41(39)54-35-14-6-3-7-15-35/h2-9,11-16,19-24,29,39,41,44H,10,17-18,25-28,30H2,1H3,(H,45,48). The van der Waals surface area contributed by atoms with Crippen LogP contribution in [0.25, 0.3) is 11.1 Å². The summed E-state index contributed by atoms with van der Waals surface area (Å²) in [6.07, 6.45) is 5.18. The lowest BCUT2D eigenvalue weighted by molar-refractivity contribution is -0.384. The summed E-state index contributed by atoms with van der Waals surface area (Å²) < 4.78 is 35.0. The van der Waals surface area contributed by atoms with Gasteiger partial charge in [-0.05, 0) is 90.9 Å². The Labute approximate surface area is 326 Å². The third-order valence-corrected chi connectivity index (χ3v) is 13.5. The van der Waals surface area contributed by atoms with Crippen LogP contribution in [0.15, 0.2) is 137 Å². The fraction of sp³-hybridized carbons (Fsp3) is 0.279. The van der Waals surface area contributed by atoms with Crippen molar-refractivity contribution in [3.8, 4) is 11.1 Å². The van der Waals surface area contributed by atoms with Gasteiger partial charge in [-0.2, -0.15) is 0 Å². The molecule has 2 unspecified atom stereocenters. The Morgan fingerprint density at radius 1 is 0.891 bits per heavy atom. The first kappa shape index (κ1) is 38.1. The summed E-state index contributed by atoms with van der Waals surface area (Å²) in [6.45, 7) is 1.50. The number of nitro groups is 1. The lowest BCUT2D eigenvalue weighted by Crippen LogP contribution is -2.47. The van der Waals surface area contributed by atoms with E-state index in [0.717, 1.165) is 68.3 Å². The Hall–Kier alpha value is -5.17. The van der Waals surface area contributed by atoms with Crippen LogP contribution in [0.1, 0.15) is 48.0 Å². The number of piperidine rings is 1. The molecular weight excluding hydrogens is 733 g/mol. The Morgan fingerprint density at radius 2 is 1.56 bits per heavy atom. The van der Waals surface area contributed by atoms with E-state index in [0.29, 0.717) is 0 Å². The summed E-state index contributed by atoms with van der Waals surface area (Å²) in [7, 11) is -2.63. The van der Waals surface area contributed by atoms with Crippen molar-refractivity contribution >= 4 is 44.8 Å². The molecule has 2 atom stereocenters. The van der Waals surface area contributed by atoms with Crippen molar-refractivity contribution in [1.82, 2.24) is 4.72 Å². The summed E-state index contributed by atoms with van der Waals surface area (Å²) >= 11 is 1.73. The molecule has 1 aliphatic carbocycles. The molecule has 1 heterocycles. The summed E-state index contributed by atoms with van der Waals surface area (Å²) in [5.74, 6) is -0.822. The number of hydrogen-bond acceptors (Lipinski definition) is 9. The maximum Gasteiger partial charge on any atom is 0.293 e. The van der Waals surface area contributed by atoms with Gasteiger partial charge in [-0.1, -0.05) is 79.2 Å². The number of nitrogens with one attached hydrogen (secondary N) is 2. The number of carbonyl (C=O) groups excluding carboxylic acids is 1. The third-order valence-electron chi connectivity index (χ3n) is 10.7. The lowest BCUT2D eigenvalue weighted by atomic mass is 9.82. The maximum absolute atomic E-state index is 13.3. The topological polar surface area (TPSA) is 131 Å². The largest absolute Gasteiger partial charge is 0.378 e. The minimum atomic E-state index is -4.41. The maximum atomic E-state index is 13.3. The molecule has 5 aromatic rings. The van der Waals surface area contributed by atoms with Crippen LogP contribution in [0.4, 0.5) is 17.1 Å².